The number of nitrogens with one attached hydrogen (secondary N) is 1. The van der Waals surface area contributed by atoms with Crippen molar-refractivity contribution < 1.29 is 28.2 Å². The number of alkyl halides is 3. The van der Waals surface area contributed by atoms with Gasteiger partial charge in [-0.15, -0.1) is 0 Å². The van der Waals surface area contributed by atoms with Crippen molar-refractivity contribution >= 4 is 5.97 Å². The molecule has 0 radical (unpaired) electrons. The molecule has 0 saturated heterocycles. The molecule has 0 heterocycles. The summed E-state index contributed by atoms with van der Waals surface area (Å²) in [6.45, 7) is 0.205. The van der Waals surface area contributed by atoms with Gasteiger partial charge in [-0.2, -0.15) is 13.2 Å². The Labute approximate surface area is 103 Å². The van der Waals surface area contributed by atoms with Crippen LogP contribution in [0.15, 0.2) is 0 Å². The molecule has 1 fully saturated rings. The van der Waals surface area contributed by atoms with Crippen molar-refractivity contribution in [2.45, 2.75) is 56.3 Å². The maximum absolute atomic E-state index is 12.7. The van der Waals surface area contributed by atoms with Crippen molar-refractivity contribution in [3.63, 3.8) is 0 Å². The highest BCUT2D eigenvalue weighted by atomic mass is 19.4. The Bertz CT molecular complexity index is 313. The zero-order chi connectivity index (χ0) is 14.0. The molecule has 18 heavy (non-hydrogen) atoms. The molecular weight excluding hydrogens is 251 g/mol. The van der Waals surface area contributed by atoms with E-state index in [1.54, 1.807) is 0 Å². The van der Waals surface area contributed by atoms with E-state index in [9.17, 15) is 23.1 Å². The third kappa shape index (κ3) is 3.14. The summed E-state index contributed by atoms with van der Waals surface area (Å²) < 4.78 is 38.1. The van der Waals surface area contributed by atoms with Crippen LogP contribution in [0.3, 0.4) is 0 Å². The Kier molecular flexibility index (Phi) is 4.27. The van der Waals surface area contributed by atoms with Crippen molar-refractivity contribution in [2.24, 2.45) is 0 Å². The van der Waals surface area contributed by atoms with Gasteiger partial charge in [0.2, 0.25) is 5.54 Å². The summed E-state index contributed by atoms with van der Waals surface area (Å²) in [7, 11) is 0. The monoisotopic (exact) mass is 269 g/mol. The maximum Gasteiger partial charge on any atom is 0.417 e. The minimum absolute atomic E-state index is 0.366. The van der Waals surface area contributed by atoms with Crippen LogP contribution in [0, 0.1) is 0 Å². The molecule has 3 N–H and O–H groups in total. The second-order valence-electron chi connectivity index (χ2n) is 5.07. The van der Waals surface area contributed by atoms with Gasteiger partial charge >= 0.3 is 12.1 Å². The second kappa shape index (κ2) is 5.05. The molecule has 0 amide bonds. The third-order valence-electron chi connectivity index (χ3n) is 3.55. The summed E-state index contributed by atoms with van der Waals surface area (Å²) in [6.07, 6.45) is -1.69. The number of carboxylic acids is 1. The van der Waals surface area contributed by atoms with E-state index in [0.717, 1.165) is 19.3 Å². The molecule has 4 nitrogen and oxygen atoms in total. The summed E-state index contributed by atoms with van der Waals surface area (Å²) in [6, 6.07) is 0. The van der Waals surface area contributed by atoms with E-state index < -0.39 is 23.3 Å². The van der Waals surface area contributed by atoms with Gasteiger partial charge in [-0.3, -0.25) is 5.32 Å². The molecule has 0 aliphatic heterocycles. The van der Waals surface area contributed by atoms with Crippen molar-refractivity contribution in [3.8, 4) is 0 Å². The molecule has 1 rings (SSSR count). The fourth-order valence-electron chi connectivity index (χ4n) is 2.03. The maximum atomic E-state index is 12.7. The molecule has 106 valence electrons. The van der Waals surface area contributed by atoms with Crippen LogP contribution in [-0.2, 0) is 4.79 Å². The number of aliphatic hydroxyl groups is 1. The fourth-order valence-corrected chi connectivity index (χ4v) is 2.03. The quantitative estimate of drug-likeness (QED) is 0.726. The smallest absolute Gasteiger partial charge is 0.417 e. The van der Waals surface area contributed by atoms with Crippen LogP contribution in [0.2, 0.25) is 0 Å². The molecule has 1 saturated carbocycles. The molecule has 1 aliphatic rings. The highest BCUT2D eigenvalue weighted by Gasteiger charge is 2.57. The van der Waals surface area contributed by atoms with Crippen LogP contribution in [0.4, 0.5) is 13.2 Å². The average Bonchev–Trinajstić information content (AvgIpc) is 2.25. The van der Waals surface area contributed by atoms with Gasteiger partial charge in [-0.1, -0.05) is 19.3 Å². The lowest BCUT2D eigenvalue weighted by atomic mass is 9.84. The van der Waals surface area contributed by atoms with Gasteiger partial charge in [-0.25, -0.2) is 4.79 Å². The summed E-state index contributed by atoms with van der Waals surface area (Å²) in [5, 5.41) is 20.7. The van der Waals surface area contributed by atoms with Crippen LogP contribution in [0.25, 0.3) is 0 Å². The summed E-state index contributed by atoms with van der Waals surface area (Å²) in [5.41, 5.74) is -4.26. The van der Waals surface area contributed by atoms with E-state index in [1.807, 2.05) is 5.32 Å². The van der Waals surface area contributed by atoms with Crippen LogP contribution < -0.4 is 5.32 Å². The van der Waals surface area contributed by atoms with E-state index in [-0.39, 0.29) is 6.54 Å². The predicted molar refractivity (Wildman–Crippen MR) is 58.1 cm³/mol. The van der Waals surface area contributed by atoms with Crippen LogP contribution >= 0.6 is 0 Å². The Hall–Kier alpha value is -0.820. The topological polar surface area (TPSA) is 69.6 Å². The molecule has 0 spiro atoms. The van der Waals surface area contributed by atoms with Crippen molar-refractivity contribution in [3.05, 3.63) is 0 Å². The number of carbonyl (C=O) groups is 1. The lowest BCUT2D eigenvalue weighted by Gasteiger charge is -2.36. The van der Waals surface area contributed by atoms with Gasteiger partial charge < -0.3 is 10.2 Å². The second-order valence-corrected chi connectivity index (χ2v) is 5.07. The Morgan fingerprint density at radius 1 is 1.28 bits per heavy atom. The molecule has 7 heteroatoms. The summed E-state index contributed by atoms with van der Waals surface area (Å²) >= 11 is 0. The first kappa shape index (κ1) is 15.2. The van der Waals surface area contributed by atoms with Gasteiger partial charge in [0.1, 0.15) is 0 Å². The molecule has 1 aliphatic carbocycles. The molecular formula is C11H18F3NO3. The van der Waals surface area contributed by atoms with Crippen LogP contribution in [0.1, 0.15) is 39.0 Å². The molecule has 1 unspecified atom stereocenters. The van der Waals surface area contributed by atoms with Crippen LogP contribution in [0.5, 0.6) is 0 Å². The molecule has 1 atom stereocenters. The standard InChI is InChI=1S/C11H18F3NO3/c1-9(8(16)17,11(12,13)14)15-7-10(18)5-3-2-4-6-10/h15,18H,2-7H2,1H3,(H,16,17). The third-order valence-corrected chi connectivity index (χ3v) is 3.55. The highest BCUT2D eigenvalue weighted by Crippen LogP contribution is 2.33. The lowest BCUT2D eigenvalue weighted by molar-refractivity contribution is -0.207. The normalized spacial score (nSPS) is 23.4. The van der Waals surface area contributed by atoms with Gasteiger partial charge in [0.25, 0.3) is 0 Å². The van der Waals surface area contributed by atoms with Gasteiger partial charge in [0.15, 0.2) is 0 Å². The largest absolute Gasteiger partial charge is 0.480 e. The van der Waals surface area contributed by atoms with E-state index in [1.165, 1.54) is 0 Å². The number of carboxylic acid groups (broad SMARTS) is 1. The molecule has 0 aromatic heterocycles. The zero-order valence-electron chi connectivity index (χ0n) is 10.2. The molecule has 0 bridgehead atoms. The Balaban J connectivity index is 2.71. The minimum atomic E-state index is -4.91. The Morgan fingerprint density at radius 2 is 1.78 bits per heavy atom. The van der Waals surface area contributed by atoms with Crippen molar-refractivity contribution in [1.29, 1.82) is 0 Å². The van der Waals surface area contributed by atoms with E-state index in [4.69, 9.17) is 5.11 Å². The predicted octanol–water partition coefficient (Wildman–Crippen LogP) is 1.68. The number of halogens is 3. The zero-order valence-corrected chi connectivity index (χ0v) is 10.2. The van der Waals surface area contributed by atoms with Gasteiger partial charge in [0, 0.05) is 6.54 Å². The first-order valence-corrected chi connectivity index (χ1v) is 5.88. The van der Waals surface area contributed by atoms with Gasteiger partial charge in [-0.05, 0) is 19.8 Å². The first-order valence-electron chi connectivity index (χ1n) is 5.88. The SMILES string of the molecule is CC(NCC1(O)CCCCC1)(C(=O)O)C(F)(F)F. The van der Waals surface area contributed by atoms with E-state index >= 15 is 0 Å². The fraction of sp³-hybridized carbons (Fsp3) is 0.909. The van der Waals surface area contributed by atoms with Crippen molar-refractivity contribution in [1.82, 2.24) is 5.32 Å². The molecule has 0 aromatic rings. The van der Waals surface area contributed by atoms with Crippen LogP contribution in [-0.4, -0.2) is 40.0 Å². The molecule has 0 aromatic carbocycles. The number of hydrogen-bond donors (Lipinski definition) is 3. The number of hydrogen-bond acceptors (Lipinski definition) is 3. The number of aliphatic carboxylic acids is 1. The first-order chi connectivity index (χ1) is 8.11. The summed E-state index contributed by atoms with van der Waals surface area (Å²) in [4.78, 5) is 10.8. The minimum Gasteiger partial charge on any atom is -0.480 e. The van der Waals surface area contributed by atoms with Gasteiger partial charge in [0.05, 0.1) is 5.60 Å². The number of β-amino-alcohol motifs (C(OH)–C–C–N with tert-alkyl or cyclic N) is 1. The average molecular weight is 269 g/mol. The summed E-state index contributed by atoms with van der Waals surface area (Å²) in [5.74, 6) is -1.99. The lowest BCUT2D eigenvalue weighted by Crippen LogP contribution is -2.63. The number of rotatable bonds is 4. The van der Waals surface area contributed by atoms with E-state index in [0.29, 0.717) is 19.8 Å². The van der Waals surface area contributed by atoms with E-state index in [2.05, 4.69) is 0 Å². The highest BCUT2D eigenvalue weighted by molar-refractivity contribution is 5.79. The Morgan fingerprint density at radius 3 is 2.17 bits per heavy atom. The van der Waals surface area contributed by atoms with Crippen molar-refractivity contribution in [2.75, 3.05) is 6.54 Å².